The van der Waals surface area contributed by atoms with Crippen molar-refractivity contribution in [3.63, 3.8) is 0 Å². The van der Waals surface area contributed by atoms with E-state index in [1.165, 1.54) is 51.4 Å². The minimum atomic E-state index is 0.178. The highest BCUT2D eigenvalue weighted by molar-refractivity contribution is 5.10. The summed E-state index contributed by atoms with van der Waals surface area (Å²) in [5, 5.41) is 9.11. The van der Waals surface area contributed by atoms with Crippen LogP contribution >= 0.6 is 0 Å². The highest BCUT2D eigenvalue weighted by atomic mass is 16.3. The highest BCUT2D eigenvalue weighted by Gasteiger charge is 2.55. The SMILES string of the molecule is NC12CC[C@@H](CCO)CCC[C@H]1C1CCC2C1. The largest absolute Gasteiger partial charge is 0.396 e. The third kappa shape index (κ3) is 1.94. The number of nitrogens with two attached hydrogens (primary N) is 1. The van der Waals surface area contributed by atoms with Gasteiger partial charge >= 0.3 is 0 Å². The molecule has 0 heterocycles. The summed E-state index contributed by atoms with van der Waals surface area (Å²) in [6, 6.07) is 0. The Bertz CT molecular complexity index is 280. The molecule has 3 N–H and O–H groups in total. The normalized spacial score (nSPS) is 49.8. The molecule has 3 aliphatic rings. The van der Waals surface area contributed by atoms with Crippen LogP contribution in [0.5, 0.6) is 0 Å². The van der Waals surface area contributed by atoms with Crippen LogP contribution in [-0.4, -0.2) is 17.3 Å². The maximum atomic E-state index is 9.11. The van der Waals surface area contributed by atoms with Crippen molar-refractivity contribution in [1.29, 1.82) is 0 Å². The minimum Gasteiger partial charge on any atom is -0.396 e. The molecule has 0 aromatic rings. The number of hydrogen-bond acceptors (Lipinski definition) is 2. The van der Waals surface area contributed by atoms with Crippen molar-refractivity contribution in [1.82, 2.24) is 0 Å². The molecule has 17 heavy (non-hydrogen) atoms. The lowest BCUT2D eigenvalue weighted by Gasteiger charge is -2.43. The lowest BCUT2D eigenvalue weighted by atomic mass is 9.66. The van der Waals surface area contributed by atoms with E-state index in [-0.39, 0.29) is 5.54 Å². The van der Waals surface area contributed by atoms with Crippen LogP contribution < -0.4 is 5.73 Å². The predicted octanol–water partition coefficient (Wildman–Crippen LogP) is 2.69. The van der Waals surface area contributed by atoms with E-state index in [9.17, 15) is 0 Å². The molecule has 2 heteroatoms. The lowest BCUT2D eigenvalue weighted by Crippen LogP contribution is -2.52. The maximum Gasteiger partial charge on any atom is 0.0433 e. The third-order valence-electron chi connectivity index (χ3n) is 6.14. The zero-order valence-electron chi connectivity index (χ0n) is 10.9. The van der Waals surface area contributed by atoms with Gasteiger partial charge in [-0.25, -0.2) is 0 Å². The summed E-state index contributed by atoms with van der Waals surface area (Å²) in [5.74, 6) is 3.35. The lowest BCUT2D eigenvalue weighted by molar-refractivity contribution is 0.117. The first-order valence-corrected chi connectivity index (χ1v) is 7.64. The van der Waals surface area contributed by atoms with E-state index in [2.05, 4.69) is 0 Å². The molecule has 3 aliphatic carbocycles. The molecule has 3 saturated carbocycles. The van der Waals surface area contributed by atoms with Gasteiger partial charge in [0.25, 0.3) is 0 Å². The fourth-order valence-electron chi connectivity index (χ4n) is 5.20. The summed E-state index contributed by atoms with van der Waals surface area (Å²) in [6.07, 6.45) is 11.8. The first-order valence-electron chi connectivity index (χ1n) is 7.64. The van der Waals surface area contributed by atoms with Gasteiger partial charge in [-0.2, -0.15) is 0 Å². The molecule has 3 fully saturated rings. The summed E-state index contributed by atoms with van der Waals surface area (Å²) in [5.41, 5.74) is 6.99. The van der Waals surface area contributed by atoms with Crippen molar-refractivity contribution in [2.45, 2.75) is 63.3 Å². The Kier molecular flexibility index (Phi) is 3.20. The second-order valence-corrected chi connectivity index (χ2v) is 6.84. The molecule has 0 saturated heterocycles. The molecule has 0 aromatic carbocycles. The first-order chi connectivity index (χ1) is 8.24. The molecular formula is C15H27NO. The van der Waals surface area contributed by atoms with Crippen molar-refractivity contribution in [2.75, 3.05) is 6.61 Å². The Morgan fingerprint density at radius 3 is 2.82 bits per heavy atom. The van der Waals surface area contributed by atoms with Gasteiger partial charge in [0.15, 0.2) is 0 Å². The number of fused-ring (bicyclic) bond motifs is 5. The molecule has 0 radical (unpaired) electrons. The predicted molar refractivity (Wildman–Crippen MR) is 69.5 cm³/mol. The Labute approximate surface area is 105 Å². The molecule has 98 valence electrons. The standard InChI is InChI=1S/C15H27NO/c16-15-8-6-11(7-9-17)2-1-3-14(15)12-4-5-13(15)10-12/h11-14,17H,1-10,16H2/t11-,12?,13?,14-,15?/m0/s1. The molecule has 0 amide bonds. The van der Waals surface area contributed by atoms with Gasteiger partial charge < -0.3 is 10.8 Å². The number of hydrogen-bond donors (Lipinski definition) is 2. The second kappa shape index (κ2) is 4.55. The molecule has 0 aromatic heterocycles. The number of rotatable bonds is 2. The molecule has 3 rings (SSSR count). The van der Waals surface area contributed by atoms with Gasteiger partial charge in [0, 0.05) is 12.1 Å². The average Bonchev–Trinajstić information content (AvgIpc) is 2.85. The van der Waals surface area contributed by atoms with E-state index in [1.54, 1.807) is 0 Å². The van der Waals surface area contributed by atoms with E-state index in [0.717, 1.165) is 30.1 Å². The molecule has 0 spiro atoms. The van der Waals surface area contributed by atoms with Crippen LogP contribution in [0.2, 0.25) is 0 Å². The smallest absolute Gasteiger partial charge is 0.0433 e. The van der Waals surface area contributed by atoms with Gasteiger partial charge in [-0.05, 0) is 68.6 Å². The van der Waals surface area contributed by atoms with Crippen LogP contribution in [0.25, 0.3) is 0 Å². The van der Waals surface area contributed by atoms with Crippen LogP contribution in [0.4, 0.5) is 0 Å². The highest BCUT2D eigenvalue weighted by Crippen LogP contribution is 2.57. The van der Waals surface area contributed by atoms with Gasteiger partial charge in [-0.1, -0.05) is 12.8 Å². The van der Waals surface area contributed by atoms with Crippen molar-refractivity contribution in [3.05, 3.63) is 0 Å². The van der Waals surface area contributed by atoms with Crippen LogP contribution in [0.3, 0.4) is 0 Å². The number of aliphatic hydroxyl groups excluding tert-OH is 1. The Hall–Kier alpha value is -0.0800. The fourth-order valence-corrected chi connectivity index (χ4v) is 5.20. The van der Waals surface area contributed by atoms with Gasteiger partial charge in [0.1, 0.15) is 0 Å². The van der Waals surface area contributed by atoms with E-state index in [4.69, 9.17) is 10.8 Å². The third-order valence-corrected chi connectivity index (χ3v) is 6.14. The molecule has 0 aliphatic heterocycles. The van der Waals surface area contributed by atoms with Crippen LogP contribution in [0, 0.1) is 23.7 Å². The average molecular weight is 237 g/mol. The Balaban J connectivity index is 1.71. The van der Waals surface area contributed by atoms with E-state index >= 15 is 0 Å². The van der Waals surface area contributed by atoms with Crippen LogP contribution in [0.1, 0.15) is 57.8 Å². The van der Waals surface area contributed by atoms with Crippen LogP contribution in [-0.2, 0) is 0 Å². The number of aliphatic hydroxyl groups is 1. The van der Waals surface area contributed by atoms with Crippen molar-refractivity contribution in [2.24, 2.45) is 29.4 Å². The molecule has 2 bridgehead atoms. The van der Waals surface area contributed by atoms with Crippen molar-refractivity contribution < 1.29 is 5.11 Å². The summed E-state index contributed by atoms with van der Waals surface area (Å²) in [7, 11) is 0. The van der Waals surface area contributed by atoms with Gasteiger partial charge in [0.05, 0.1) is 0 Å². The molecule has 2 nitrogen and oxygen atoms in total. The van der Waals surface area contributed by atoms with E-state index in [0.29, 0.717) is 6.61 Å². The second-order valence-electron chi connectivity index (χ2n) is 6.84. The fraction of sp³-hybridized carbons (Fsp3) is 1.00. The topological polar surface area (TPSA) is 46.2 Å². The van der Waals surface area contributed by atoms with E-state index in [1.807, 2.05) is 0 Å². The Morgan fingerprint density at radius 1 is 1.12 bits per heavy atom. The molecule has 3 unspecified atom stereocenters. The summed E-state index contributed by atoms with van der Waals surface area (Å²) >= 11 is 0. The van der Waals surface area contributed by atoms with Crippen LogP contribution in [0.15, 0.2) is 0 Å². The first kappa shape index (κ1) is 12.0. The molecular weight excluding hydrogens is 210 g/mol. The van der Waals surface area contributed by atoms with Gasteiger partial charge in [0.2, 0.25) is 0 Å². The zero-order valence-corrected chi connectivity index (χ0v) is 10.9. The minimum absolute atomic E-state index is 0.178. The van der Waals surface area contributed by atoms with Crippen molar-refractivity contribution >= 4 is 0 Å². The monoisotopic (exact) mass is 237 g/mol. The van der Waals surface area contributed by atoms with E-state index < -0.39 is 0 Å². The maximum absolute atomic E-state index is 9.11. The van der Waals surface area contributed by atoms with Crippen molar-refractivity contribution in [3.8, 4) is 0 Å². The van der Waals surface area contributed by atoms with Gasteiger partial charge in [-0.15, -0.1) is 0 Å². The quantitative estimate of drug-likeness (QED) is 0.775. The summed E-state index contributed by atoms with van der Waals surface area (Å²) < 4.78 is 0. The zero-order chi connectivity index (χ0) is 11.9. The molecule has 5 atom stereocenters. The Morgan fingerprint density at radius 2 is 2.00 bits per heavy atom. The summed E-state index contributed by atoms with van der Waals surface area (Å²) in [6.45, 7) is 0.359. The van der Waals surface area contributed by atoms with Gasteiger partial charge in [-0.3, -0.25) is 0 Å². The summed E-state index contributed by atoms with van der Waals surface area (Å²) in [4.78, 5) is 0.